The van der Waals surface area contributed by atoms with Gasteiger partial charge in [-0.3, -0.25) is 4.79 Å². The molecule has 0 aliphatic carbocycles. The molecule has 1 aromatic heterocycles. The van der Waals surface area contributed by atoms with E-state index in [1.165, 1.54) is 16.8 Å². The van der Waals surface area contributed by atoms with E-state index in [9.17, 15) is 9.90 Å². The maximum Gasteiger partial charge on any atom is 0.268 e. The van der Waals surface area contributed by atoms with Crippen molar-refractivity contribution in [3.05, 3.63) is 56.9 Å². The van der Waals surface area contributed by atoms with Gasteiger partial charge in [0, 0.05) is 6.20 Å². The molecule has 4 nitrogen and oxygen atoms in total. The van der Waals surface area contributed by atoms with E-state index in [-0.39, 0.29) is 21.5 Å². The van der Waals surface area contributed by atoms with Crippen molar-refractivity contribution in [2.45, 2.75) is 6.54 Å². The smallest absolute Gasteiger partial charge is 0.268 e. The fraction of sp³-hybridized carbons (Fsp3) is 0.0833. The molecule has 1 aromatic carbocycles. The minimum atomic E-state index is -0.293. The van der Waals surface area contributed by atoms with Crippen LogP contribution in [-0.2, 0) is 6.54 Å². The number of phenols is 1. The van der Waals surface area contributed by atoms with Crippen LogP contribution in [0.2, 0.25) is 0 Å². The molecule has 2 N–H and O–H groups in total. The third-order valence-electron chi connectivity index (χ3n) is 2.38. The normalized spacial score (nSPS) is 10.4. The van der Waals surface area contributed by atoms with Crippen LogP contribution in [0.5, 0.6) is 11.5 Å². The third kappa shape index (κ3) is 2.50. The molecule has 0 unspecified atom stereocenters. The molecule has 0 spiro atoms. The summed E-state index contributed by atoms with van der Waals surface area (Å²) in [6.07, 6.45) is 1.52. The van der Waals surface area contributed by atoms with Gasteiger partial charge < -0.3 is 14.8 Å². The van der Waals surface area contributed by atoms with Crippen molar-refractivity contribution >= 4 is 15.9 Å². The van der Waals surface area contributed by atoms with Crippen LogP contribution >= 0.6 is 15.9 Å². The second-order valence-electron chi connectivity index (χ2n) is 3.61. The number of pyridine rings is 1. The highest BCUT2D eigenvalue weighted by molar-refractivity contribution is 9.10. The zero-order chi connectivity index (χ0) is 12.4. The summed E-state index contributed by atoms with van der Waals surface area (Å²) in [7, 11) is 0. The van der Waals surface area contributed by atoms with Crippen LogP contribution in [0.4, 0.5) is 0 Å². The van der Waals surface area contributed by atoms with Gasteiger partial charge in [-0.1, -0.05) is 12.1 Å². The number of hydrogen-bond acceptors (Lipinski definition) is 3. The van der Waals surface area contributed by atoms with Crippen LogP contribution in [0, 0.1) is 0 Å². The van der Waals surface area contributed by atoms with Gasteiger partial charge in [-0.25, -0.2) is 0 Å². The first-order chi connectivity index (χ1) is 8.08. The Hall–Kier alpha value is -1.75. The van der Waals surface area contributed by atoms with Gasteiger partial charge in [0.25, 0.3) is 5.56 Å². The first kappa shape index (κ1) is 11.7. The van der Waals surface area contributed by atoms with E-state index in [0.29, 0.717) is 6.54 Å². The zero-order valence-electron chi connectivity index (χ0n) is 8.80. The summed E-state index contributed by atoms with van der Waals surface area (Å²) in [5, 5.41) is 18.5. The predicted molar refractivity (Wildman–Crippen MR) is 67.3 cm³/mol. The highest BCUT2D eigenvalue weighted by Crippen LogP contribution is 2.18. The van der Waals surface area contributed by atoms with Crippen LogP contribution in [0.1, 0.15) is 5.56 Å². The lowest BCUT2D eigenvalue weighted by atomic mass is 10.2. The molecular formula is C12H10BrNO3. The summed E-state index contributed by atoms with van der Waals surface area (Å²) in [5.41, 5.74) is 0.598. The summed E-state index contributed by atoms with van der Waals surface area (Å²) in [5.74, 6) is 0.116. The fourth-order valence-corrected chi connectivity index (χ4v) is 1.82. The number of benzene rings is 1. The summed E-state index contributed by atoms with van der Waals surface area (Å²) >= 11 is 3.03. The molecular weight excluding hydrogens is 286 g/mol. The van der Waals surface area contributed by atoms with E-state index >= 15 is 0 Å². The summed E-state index contributed by atoms with van der Waals surface area (Å²) in [6.45, 7) is 0.387. The molecule has 5 heteroatoms. The number of hydrogen-bond donors (Lipinski definition) is 2. The van der Waals surface area contributed by atoms with E-state index in [1.54, 1.807) is 24.3 Å². The predicted octanol–water partition coefficient (Wildman–Crippen LogP) is 2.07. The molecule has 2 rings (SSSR count). The van der Waals surface area contributed by atoms with Crippen LogP contribution in [0.15, 0.2) is 45.8 Å². The minimum Gasteiger partial charge on any atom is -0.508 e. The van der Waals surface area contributed by atoms with E-state index in [0.717, 1.165) is 5.56 Å². The molecule has 0 radical (unpaired) electrons. The Morgan fingerprint density at radius 1 is 1.12 bits per heavy atom. The monoisotopic (exact) mass is 295 g/mol. The summed E-state index contributed by atoms with van der Waals surface area (Å²) < 4.78 is 1.62. The first-order valence-electron chi connectivity index (χ1n) is 4.94. The Morgan fingerprint density at radius 2 is 1.76 bits per heavy atom. The number of phenolic OH excluding ortho intramolecular Hbond substituents is 1. The van der Waals surface area contributed by atoms with Crippen LogP contribution in [0.25, 0.3) is 0 Å². The van der Waals surface area contributed by atoms with Gasteiger partial charge in [-0.2, -0.15) is 0 Å². The van der Waals surface area contributed by atoms with Crippen molar-refractivity contribution < 1.29 is 10.2 Å². The lowest BCUT2D eigenvalue weighted by molar-refractivity contribution is 0.467. The molecule has 2 aromatic rings. The molecule has 0 saturated carbocycles. The van der Waals surface area contributed by atoms with Crippen molar-refractivity contribution in [3.8, 4) is 11.5 Å². The van der Waals surface area contributed by atoms with Gasteiger partial charge in [0.05, 0.1) is 6.54 Å². The maximum absolute atomic E-state index is 11.8. The maximum atomic E-state index is 11.8. The van der Waals surface area contributed by atoms with Crippen LogP contribution < -0.4 is 5.56 Å². The summed E-state index contributed by atoms with van der Waals surface area (Å²) in [4.78, 5) is 11.8. The highest BCUT2D eigenvalue weighted by Gasteiger charge is 2.06. The zero-order valence-corrected chi connectivity index (χ0v) is 10.4. The molecule has 0 saturated heterocycles. The van der Waals surface area contributed by atoms with Crippen molar-refractivity contribution in [2.24, 2.45) is 0 Å². The van der Waals surface area contributed by atoms with Crippen LogP contribution in [0.3, 0.4) is 0 Å². The van der Waals surface area contributed by atoms with E-state index in [2.05, 4.69) is 15.9 Å². The SMILES string of the molecule is O=c1c(Br)c(O)ccn1Cc1ccc(O)cc1. The molecule has 88 valence electrons. The molecule has 1 heterocycles. The van der Waals surface area contributed by atoms with Gasteiger partial charge in [0.15, 0.2) is 0 Å². The van der Waals surface area contributed by atoms with Crippen molar-refractivity contribution in [1.82, 2.24) is 4.57 Å². The molecule has 0 aliphatic rings. The molecule has 0 amide bonds. The van der Waals surface area contributed by atoms with Crippen molar-refractivity contribution in [1.29, 1.82) is 0 Å². The molecule has 0 aliphatic heterocycles. The van der Waals surface area contributed by atoms with E-state index in [4.69, 9.17) is 5.11 Å². The van der Waals surface area contributed by atoms with Gasteiger partial charge in [0.2, 0.25) is 0 Å². The van der Waals surface area contributed by atoms with E-state index in [1.807, 2.05) is 0 Å². The molecule has 17 heavy (non-hydrogen) atoms. The lowest BCUT2D eigenvalue weighted by Crippen LogP contribution is -2.20. The quantitative estimate of drug-likeness (QED) is 0.891. The molecule has 0 bridgehead atoms. The highest BCUT2D eigenvalue weighted by atomic mass is 79.9. The Balaban J connectivity index is 2.34. The first-order valence-corrected chi connectivity index (χ1v) is 5.73. The molecule has 0 fully saturated rings. The summed E-state index contributed by atoms with van der Waals surface area (Å²) in [6, 6.07) is 8.06. The number of aromatic nitrogens is 1. The number of aromatic hydroxyl groups is 2. The second-order valence-corrected chi connectivity index (χ2v) is 4.41. The fourth-order valence-electron chi connectivity index (χ4n) is 1.46. The Kier molecular flexibility index (Phi) is 3.19. The van der Waals surface area contributed by atoms with Gasteiger partial charge in [-0.15, -0.1) is 0 Å². The van der Waals surface area contributed by atoms with Crippen LogP contribution in [-0.4, -0.2) is 14.8 Å². The largest absolute Gasteiger partial charge is 0.508 e. The Bertz CT molecular complexity index is 590. The van der Waals surface area contributed by atoms with Crippen molar-refractivity contribution in [2.75, 3.05) is 0 Å². The standard InChI is InChI=1S/C12H10BrNO3/c13-11-10(16)5-6-14(12(11)17)7-8-1-3-9(15)4-2-8/h1-6,15-16H,7H2. The average molecular weight is 296 g/mol. The second kappa shape index (κ2) is 4.63. The van der Waals surface area contributed by atoms with E-state index < -0.39 is 0 Å². The third-order valence-corrected chi connectivity index (χ3v) is 3.12. The van der Waals surface area contributed by atoms with Gasteiger partial charge >= 0.3 is 0 Å². The molecule has 0 atom stereocenters. The number of halogens is 1. The van der Waals surface area contributed by atoms with Gasteiger partial charge in [-0.05, 0) is 39.7 Å². The average Bonchev–Trinajstić information content (AvgIpc) is 2.33. The minimum absolute atomic E-state index is 0.0723. The van der Waals surface area contributed by atoms with Crippen molar-refractivity contribution in [3.63, 3.8) is 0 Å². The number of nitrogens with zero attached hydrogens (tertiary/aromatic N) is 1. The Morgan fingerprint density at radius 3 is 2.41 bits per heavy atom. The Labute approximate surface area is 106 Å². The van der Waals surface area contributed by atoms with Gasteiger partial charge in [0.1, 0.15) is 16.0 Å². The topological polar surface area (TPSA) is 62.5 Å². The number of rotatable bonds is 2. The lowest BCUT2D eigenvalue weighted by Gasteiger charge is -2.07.